The van der Waals surface area contributed by atoms with Crippen LogP contribution >= 0.6 is 0 Å². The maximum Gasteiger partial charge on any atom is 0.329 e. The Morgan fingerprint density at radius 1 is 0.872 bits per heavy atom. The number of likely N-dealkylation sites (N-methyl/N-ethyl adjacent to an activating group) is 1. The highest BCUT2D eigenvalue weighted by Gasteiger charge is 2.32. The molecule has 0 aliphatic carbocycles. The summed E-state index contributed by atoms with van der Waals surface area (Å²) in [6, 6.07) is 6.82. The number of imidazole rings is 1. The van der Waals surface area contributed by atoms with Crippen molar-refractivity contribution in [2.24, 2.45) is 13.0 Å². The van der Waals surface area contributed by atoms with Crippen LogP contribution in [0.2, 0.25) is 0 Å². The van der Waals surface area contributed by atoms with E-state index in [-0.39, 0.29) is 18.0 Å². The monoisotopic (exact) mass is 537 g/mol. The minimum Gasteiger partial charge on any atom is -0.371 e. The number of fused-ring (bicyclic) bond motifs is 1. The number of nitrogens with one attached hydrogen (secondary N) is 2. The number of hydrogen-bond donors (Lipinski definition) is 2. The van der Waals surface area contributed by atoms with E-state index in [1.807, 2.05) is 6.07 Å². The maximum absolute atomic E-state index is 13.1. The summed E-state index contributed by atoms with van der Waals surface area (Å²) >= 11 is 0. The van der Waals surface area contributed by atoms with Crippen LogP contribution in [-0.2, 0) is 16.6 Å². The highest BCUT2D eigenvalue weighted by Crippen LogP contribution is 2.29. The van der Waals surface area contributed by atoms with Gasteiger partial charge in [0, 0.05) is 57.4 Å². The van der Waals surface area contributed by atoms with Gasteiger partial charge >= 0.3 is 5.69 Å². The Hall–Kier alpha value is -2.69. The van der Waals surface area contributed by atoms with Crippen molar-refractivity contribution in [2.45, 2.75) is 63.1 Å². The van der Waals surface area contributed by atoms with Gasteiger partial charge in [0.1, 0.15) is 6.04 Å². The van der Waals surface area contributed by atoms with E-state index in [1.165, 1.54) is 64.8 Å². The lowest BCUT2D eigenvalue weighted by molar-refractivity contribution is -0.135. The first kappa shape index (κ1) is 26.5. The Bertz CT molecular complexity index is 1270. The van der Waals surface area contributed by atoms with Crippen molar-refractivity contribution in [1.29, 1.82) is 0 Å². The van der Waals surface area contributed by atoms with Crippen LogP contribution in [-0.4, -0.2) is 95.7 Å². The average molecular weight is 538 g/mol. The Balaban J connectivity index is 1.03. The van der Waals surface area contributed by atoms with Crippen LogP contribution in [0.4, 0.5) is 5.69 Å². The molecule has 2 N–H and O–H groups in total. The second-order valence-electron chi connectivity index (χ2n) is 12.3. The smallest absolute Gasteiger partial charge is 0.329 e. The first-order chi connectivity index (χ1) is 18.9. The van der Waals surface area contributed by atoms with Gasteiger partial charge in [-0.05, 0) is 89.3 Å². The molecule has 2 aromatic rings. The minimum absolute atomic E-state index is 0.218. The molecule has 6 rings (SSSR count). The van der Waals surface area contributed by atoms with Crippen LogP contribution in [0.1, 0.15) is 51.0 Å². The number of nitrogens with zero attached hydrogens (tertiary/aromatic N) is 5. The number of imide groups is 1. The van der Waals surface area contributed by atoms with E-state index in [1.54, 1.807) is 16.2 Å². The number of hydrogen-bond acceptors (Lipinski definition) is 7. The van der Waals surface area contributed by atoms with Gasteiger partial charge in [0.25, 0.3) is 0 Å². The summed E-state index contributed by atoms with van der Waals surface area (Å²) in [5.74, 6) is 0.0642. The van der Waals surface area contributed by atoms with Crippen molar-refractivity contribution in [1.82, 2.24) is 29.6 Å². The highest BCUT2D eigenvalue weighted by atomic mass is 16.2. The second kappa shape index (κ2) is 11.1. The van der Waals surface area contributed by atoms with Crippen LogP contribution in [0.3, 0.4) is 0 Å². The molecule has 39 heavy (non-hydrogen) atoms. The third-order valence-corrected chi connectivity index (χ3v) is 9.54. The van der Waals surface area contributed by atoms with Crippen LogP contribution in [0.25, 0.3) is 11.0 Å². The number of carbonyl (C=O) groups excluding carboxylic acids is 2. The summed E-state index contributed by atoms with van der Waals surface area (Å²) in [6.07, 6.45) is 6.77. The molecular weight excluding hydrogens is 494 g/mol. The van der Waals surface area contributed by atoms with Gasteiger partial charge in [-0.25, -0.2) is 4.79 Å². The number of anilines is 1. The van der Waals surface area contributed by atoms with Gasteiger partial charge in [-0.2, -0.15) is 0 Å². The molecule has 0 spiro atoms. The summed E-state index contributed by atoms with van der Waals surface area (Å²) in [7, 11) is 3.98. The fraction of sp³-hybridized carbons (Fsp3) is 0.690. The van der Waals surface area contributed by atoms with Gasteiger partial charge in [-0.1, -0.05) is 0 Å². The van der Waals surface area contributed by atoms with Gasteiger partial charge in [-0.15, -0.1) is 0 Å². The van der Waals surface area contributed by atoms with Crippen molar-refractivity contribution in [3.05, 3.63) is 28.7 Å². The second-order valence-corrected chi connectivity index (χ2v) is 12.3. The van der Waals surface area contributed by atoms with Crippen molar-refractivity contribution in [3.63, 3.8) is 0 Å². The van der Waals surface area contributed by atoms with Gasteiger partial charge < -0.3 is 20.0 Å². The van der Waals surface area contributed by atoms with Gasteiger partial charge in [0.05, 0.1) is 11.0 Å². The fourth-order valence-electron chi connectivity index (χ4n) is 7.20. The van der Waals surface area contributed by atoms with E-state index >= 15 is 0 Å². The quantitative estimate of drug-likeness (QED) is 0.537. The number of likely N-dealkylation sites (tertiary alicyclic amines) is 2. The molecule has 10 nitrogen and oxygen atoms in total. The van der Waals surface area contributed by atoms with E-state index in [0.29, 0.717) is 18.5 Å². The molecule has 2 amide bonds. The van der Waals surface area contributed by atoms with E-state index in [0.717, 1.165) is 35.7 Å². The molecule has 2 atom stereocenters. The average Bonchev–Trinajstić information content (AvgIpc) is 3.45. The van der Waals surface area contributed by atoms with Crippen molar-refractivity contribution in [2.75, 3.05) is 57.8 Å². The summed E-state index contributed by atoms with van der Waals surface area (Å²) < 4.78 is 3.18. The Morgan fingerprint density at radius 3 is 2.31 bits per heavy atom. The number of aromatic nitrogens is 2. The van der Waals surface area contributed by atoms with Crippen LogP contribution in [0.15, 0.2) is 23.0 Å². The van der Waals surface area contributed by atoms with Gasteiger partial charge in [0.15, 0.2) is 0 Å². The van der Waals surface area contributed by atoms with Crippen LogP contribution in [0.5, 0.6) is 0 Å². The molecule has 4 aliphatic rings. The molecule has 1 aromatic heterocycles. The molecule has 4 aliphatic heterocycles. The summed E-state index contributed by atoms with van der Waals surface area (Å²) in [4.78, 5) is 44.7. The predicted octanol–water partition coefficient (Wildman–Crippen LogP) is 1.29. The highest BCUT2D eigenvalue weighted by molar-refractivity contribution is 6.00. The summed E-state index contributed by atoms with van der Waals surface area (Å²) in [6.45, 7) is 8.06. The molecule has 0 bridgehead atoms. The number of benzene rings is 1. The Morgan fingerprint density at radius 2 is 1.62 bits per heavy atom. The predicted molar refractivity (Wildman–Crippen MR) is 152 cm³/mol. The number of piperidine rings is 3. The zero-order valence-corrected chi connectivity index (χ0v) is 23.4. The molecule has 4 saturated heterocycles. The first-order valence-corrected chi connectivity index (χ1v) is 14.8. The molecule has 4 fully saturated rings. The zero-order chi connectivity index (χ0) is 27.1. The first-order valence-electron chi connectivity index (χ1n) is 14.8. The Labute approximate surface area is 230 Å². The molecule has 1 aromatic carbocycles. The maximum atomic E-state index is 13.1. The number of aryl methyl sites for hydroxylation is 1. The normalized spacial score (nSPS) is 26.6. The molecular formula is C29H43N7O3. The third kappa shape index (κ3) is 5.51. The minimum atomic E-state index is -0.647. The topological polar surface area (TPSA) is 94.8 Å². The zero-order valence-electron chi connectivity index (χ0n) is 23.4. The number of rotatable bonds is 6. The van der Waals surface area contributed by atoms with E-state index in [9.17, 15) is 14.4 Å². The van der Waals surface area contributed by atoms with Crippen LogP contribution < -0.4 is 21.2 Å². The lowest BCUT2D eigenvalue weighted by atomic mass is 9.94. The molecule has 5 heterocycles. The number of amides is 2. The Kier molecular flexibility index (Phi) is 7.52. The number of carbonyl (C=O) groups is 2. The van der Waals surface area contributed by atoms with E-state index in [4.69, 9.17) is 0 Å². The van der Waals surface area contributed by atoms with Crippen molar-refractivity contribution in [3.8, 4) is 0 Å². The molecule has 0 saturated carbocycles. The standard InChI is InChI=1S/C29H43N7O3/c1-32-12-9-22(19-32)30-21-10-13-34(14-11-21)18-20-7-15-35(16-8-20)23-3-4-24-26(17-23)33(2)29(39)36(24)25-5-6-27(37)31-28(25)38/h3-4,17,20-22,25,30H,5-16,18-19H2,1-2H3,(H,31,37,38)/t22-,25?/m1/s1. The van der Waals surface area contributed by atoms with Gasteiger partial charge in [-0.3, -0.25) is 24.0 Å². The molecule has 0 radical (unpaired) electrons. The van der Waals surface area contributed by atoms with E-state index < -0.39 is 11.9 Å². The van der Waals surface area contributed by atoms with Crippen molar-refractivity contribution >= 4 is 28.5 Å². The third-order valence-electron chi connectivity index (χ3n) is 9.54. The summed E-state index contributed by atoms with van der Waals surface area (Å²) in [5.41, 5.74) is 2.48. The molecule has 10 heteroatoms. The molecule has 212 valence electrons. The summed E-state index contributed by atoms with van der Waals surface area (Å²) in [5, 5.41) is 6.29. The SMILES string of the molecule is CN1CC[C@@H](NC2CCN(CC3CCN(c4ccc5c(c4)n(C)c(=O)n5C4CCC(=O)NC4=O)CC3)CC2)C1. The van der Waals surface area contributed by atoms with Gasteiger partial charge in [0.2, 0.25) is 11.8 Å². The van der Waals surface area contributed by atoms with E-state index in [2.05, 4.69) is 44.5 Å². The fourth-order valence-corrected chi connectivity index (χ4v) is 7.20. The lowest BCUT2D eigenvalue weighted by Gasteiger charge is -2.39. The van der Waals surface area contributed by atoms with Crippen molar-refractivity contribution < 1.29 is 9.59 Å². The molecule has 1 unspecified atom stereocenters. The van der Waals surface area contributed by atoms with Crippen LogP contribution in [0, 0.1) is 5.92 Å². The lowest BCUT2D eigenvalue weighted by Crippen LogP contribution is -2.48. The largest absolute Gasteiger partial charge is 0.371 e.